The highest BCUT2D eigenvalue weighted by Crippen LogP contribution is 2.18. The van der Waals surface area contributed by atoms with E-state index in [-0.39, 0.29) is 5.97 Å². The number of hydrogen-bond donors (Lipinski definition) is 0. The van der Waals surface area contributed by atoms with E-state index in [2.05, 4.69) is 0 Å². The lowest BCUT2D eigenvalue weighted by molar-refractivity contribution is -0.141. The Morgan fingerprint density at radius 1 is 1.90 bits per heavy atom. The van der Waals surface area contributed by atoms with E-state index in [1.54, 1.807) is 0 Å². The average molecular weight is 142 g/mol. The van der Waals surface area contributed by atoms with Crippen molar-refractivity contribution in [2.24, 2.45) is 0 Å². The zero-order valence-electron chi connectivity index (χ0n) is 5.92. The SMILES string of the molecule is CC(=O)OC[C]1C[CH]CO1. The normalized spacial score (nSPS) is 19.3. The molecule has 1 aliphatic heterocycles. The van der Waals surface area contributed by atoms with Crippen LogP contribution in [-0.2, 0) is 14.3 Å². The molecule has 0 aliphatic carbocycles. The van der Waals surface area contributed by atoms with Crippen LogP contribution in [0.4, 0.5) is 0 Å². The Morgan fingerprint density at radius 3 is 3.20 bits per heavy atom. The Kier molecular flexibility index (Phi) is 2.68. The first-order valence-corrected chi connectivity index (χ1v) is 3.21. The fourth-order valence-electron chi connectivity index (χ4n) is 0.738. The highest BCUT2D eigenvalue weighted by molar-refractivity contribution is 5.66. The molecule has 0 aromatic carbocycles. The van der Waals surface area contributed by atoms with Crippen LogP contribution in [-0.4, -0.2) is 19.2 Å². The zero-order valence-corrected chi connectivity index (χ0v) is 5.92. The van der Waals surface area contributed by atoms with Gasteiger partial charge in [0.05, 0.1) is 6.61 Å². The Labute approximate surface area is 60.3 Å². The van der Waals surface area contributed by atoms with Crippen LogP contribution in [0.1, 0.15) is 13.3 Å². The minimum atomic E-state index is -0.261. The highest BCUT2D eigenvalue weighted by atomic mass is 16.6. The molecule has 0 atom stereocenters. The molecule has 1 aliphatic rings. The van der Waals surface area contributed by atoms with Crippen LogP contribution in [0.3, 0.4) is 0 Å². The third-order valence-corrected chi connectivity index (χ3v) is 1.21. The fraction of sp³-hybridized carbons (Fsp3) is 0.571. The van der Waals surface area contributed by atoms with Gasteiger partial charge in [0.2, 0.25) is 0 Å². The summed E-state index contributed by atoms with van der Waals surface area (Å²) in [5.74, 6) is -0.261. The fourth-order valence-corrected chi connectivity index (χ4v) is 0.738. The Bertz CT molecular complexity index is 116. The van der Waals surface area contributed by atoms with Crippen LogP contribution in [0.2, 0.25) is 0 Å². The zero-order chi connectivity index (χ0) is 7.40. The van der Waals surface area contributed by atoms with Crippen molar-refractivity contribution in [1.29, 1.82) is 0 Å². The van der Waals surface area contributed by atoms with Crippen molar-refractivity contribution in [3.63, 3.8) is 0 Å². The lowest BCUT2D eigenvalue weighted by atomic mass is 10.2. The Hall–Kier alpha value is -0.570. The molecular formula is C7H10O3. The Morgan fingerprint density at radius 2 is 2.70 bits per heavy atom. The van der Waals surface area contributed by atoms with Gasteiger partial charge in [-0.25, -0.2) is 0 Å². The van der Waals surface area contributed by atoms with E-state index in [4.69, 9.17) is 9.47 Å². The number of ether oxygens (including phenoxy) is 2. The molecule has 1 fully saturated rings. The van der Waals surface area contributed by atoms with Crippen molar-refractivity contribution in [3.05, 3.63) is 12.5 Å². The van der Waals surface area contributed by atoms with Gasteiger partial charge < -0.3 is 9.47 Å². The molecule has 0 spiro atoms. The van der Waals surface area contributed by atoms with Crippen molar-refractivity contribution >= 4 is 5.97 Å². The van der Waals surface area contributed by atoms with Crippen LogP contribution in [0.25, 0.3) is 0 Å². The molecule has 3 nitrogen and oxygen atoms in total. The van der Waals surface area contributed by atoms with E-state index in [0.717, 1.165) is 12.5 Å². The molecule has 0 aromatic heterocycles. The minimum absolute atomic E-state index is 0.261. The molecule has 10 heavy (non-hydrogen) atoms. The van der Waals surface area contributed by atoms with Gasteiger partial charge in [0.25, 0.3) is 0 Å². The van der Waals surface area contributed by atoms with Gasteiger partial charge in [-0.2, -0.15) is 0 Å². The molecule has 2 radical (unpaired) electrons. The molecule has 56 valence electrons. The quantitative estimate of drug-likeness (QED) is 0.532. The predicted octanol–water partition coefficient (Wildman–Crippen LogP) is 0.706. The summed E-state index contributed by atoms with van der Waals surface area (Å²) in [4.78, 5) is 10.3. The number of esters is 1. The average Bonchev–Trinajstić information content (AvgIpc) is 2.34. The molecule has 1 rings (SSSR count). The first kappa shape index (κ1) is 7.54. The van der Waals surface area contributed by atoms with Crippen LogP contribution in [0, 0.1) is 12.5 Å². The van der Waals surface area contributed by atoms with Crippen LogP contribution in [0.5, 0.6) is 0 Å². The maximum absolute atomic E-state index is 10.3. The molecule has 0 aromatic rings. The molecule has 3 heteroatoms. The third-order valence-electron chi connectivity index (χ3n) is 1.21. The van der Waals surface area contributed by atoms with Gasteiger partial charge in [-0.3, -0.25) is 4.79 Å². The van der Waals surface area contributed by atoms with E-state index in [1.165, 1.54) is 6.92 Å². The smallest absolute Gasteiger partial charge is 0.302 e. The van der Waals surface area contributed by atoms with Crippen molar-refractivity contribution in [1.82, 2.24) is 0 Å². The Balaban J connectivity index is 2.07. The summed E-state index contributed by atoms with van der Waals surface area (Å²) < 4.78 is 9.79. The number of carbonyl (C=O) groups excluding carboxylic acids is 1. The van der Waals surface area contributed by atoms with Crippen LogP contribution in [0.15, 0.2) is 0 Å². The van der Waals surface area contributed by atoms with Gasteiger partial charge in [0, 0.05) is 6.92 Å². The lowest BCUT2D eigenvalue weighted by Gasteiger charge is -2.06. The van der Waals surface area contributed by atoms with E-state index >= 15 is 0 Å². The topological polar surface area (TPSA) is 35.5 Å². The van der Waals surface area contributed by atoms with Crippen molar-refractivity contribution in [3.8, 4) is 0 Å². The molecule has 0 amide bonds. The predicted molar refractivity (Wildman–Crippen MR) is 34.7 cm³/mol. The minimum Gasteiger partial charge on any atom is -0.463 e. The molecule has 0 bridgehead atoms. The summed E-state index contributed by atoms with van der Waals surface area (Å²) in [6.45, 7) is 2.35. The lowest BCUT2D eigenvalue weighted by Crippen LogP contribution is -2.08. The molecule has 0 saturated carbocycles. The molecule has 0 unspecified atom stereocenters. The summed E-state index contributed by atoms with van der Waals surface area (Å²) in [7, 11) is 0. The first-order chi connectivity index (χ1) is 4.79. The van der Waals surface area contributed by atoms with Crippen molar-refractivity contribution in [2.75, 3.05) is 13.2 Å². The van der Waals surface area contributed by atoms with Crippen molar-refractivity contribution < 1.29 is 14.3 Å². The monoisotopic (exact) mass is 142 g/mol. The first-order valence-electron chi connectivity index (χ1n) is 3.21. The second-order valence-corrected chi connectivity index (χ2v) is 2.12. The van der Waals surface area contributed by atoms with E-state index in [9.17, 15) is 4.79 Å². The second kappa shape index (κ2) is 3.56. The van der Waals surface area contributed by atoms with E-state index in [0.29, 0.717) is 13.2 Å². The maximum Gasteiger partial charge on any atom is 0.302 e. The summed E-state index contributed by atoms with van der Waals surface area (Å²) in [5, 5.41) is 0. The van der Waals surface area contributed by atoms with Gasteiger partial charge in [-0.1, -0.05) is 0 Å². The number of rotatable bonds is 2. The van der Waals surface area contributed by atoms with Gasteiger partial charge in [0.1, 0.15) is 12.7 Å². The maximum atomic E-state index is 10.3. The van der Waals surface area contributed by atoms with Crippen molar-refractivity contribution in [2.45, 2.75) is 13.3 Å². The number of hydrogen-bond acceptors (Lipinski definition) is 3. The summed E-state index contributed by atoms with van der Waals surface area (Å²) in [6, 6.07) is 0. The van der Waals surface area contributed by atoms with Gasteiger partial charge in [-0.15, -0.1) is 0 Å². The standard InChI is InChI=1S/C7H10O3/c1-6(8)10-5-7-3-2-4-9-7/h2H,3-5H2,1H3. The van der Waals surface area contributed by atoms with E-state index in [1.807, 2.05) is 6.42 Å². The second-order valence-electron chi connectivity index (χ2n) is 2.12. The van der Waals surface area contributed by atoms with Crippen LogP contribution >= 0.6 is 0 Å². The van der Waals surface area contributed by atoms with Gasteiger partial charge in [-0.05, 0) is 12.8 Å². The van der Waals surface area contributed by atoms with Gasteiger partial charge in [0.15, 0.2) is 0 Å². The highest BCUT2D eigenvalue weighted by Gasteiger charge is 2.17. The molecule has 0 N–H and O–H groups in total. The van der Waals surface area contributed by atoms with E-state index < -0.39 is 0 Å². The summed E-state index contributed by atoms with van der Waals surface area (Å²) in [6.07, 6.45) is 3.65. The number of carbonyl (C=O) groups is 1. The summed E-state index contributed by atoms with van der Waals surface area (Å²) in [5.41, 5.74) is 0. The molecule has 1 heterocycles. The largest absolute Gasteiger partial charge is 0.463 e. The summed E-state index contributed by atoms with van der Waals surface area (Å²) >= 11 is 0. The van der Waals surface area contributed by atoms with Crippen LogP contribution < -0.4 is 0 Å². The molecular weight excluding hydrogens is 132 g/mol. The molecule has 1 saturated heterocycles. The van der Waals surface area contributed by atoms with Gasteiger partial charge >= 0.3 is 5.97 Å². The third kappa shape index (κ3) is 2.35.